The molecule has 108 valence electrons. The minimum absolute atomic E-state index is 0.0253. The molecule has 0 aliphatic carbocycles. The largest absolute Gasteiger partial charge is 0.387 e. The van der Waals surface area contributed by atoms with Crippen LogP contribution in [0.15, 0.2) is 11.1 Å². The van der Waals surface area contributed by atoms with Crippen molar-refractivity contribution in [2.45, 2.75) is 24.5 Å². The molecule has 1 aliphatic rings. The maximum Gasteiger partial charge on any atom is 0.280 e. The molecule has 9 nitrogen and oxygen atoms in total. The number of nitrogens with two attached hydrogens (primary N) is 1. The normalized spacial score (nSPS) is 30.1. The van der Waals surface area contributed by atoms with Gasteiger partial charge in [-0.1, -0.05) is 0 Å². The Kier molecular flexibility index (Phi) is 3.13. The number of nitrogens with zero attached hydrogens (tertiary/aromatic N) is 3. The van der Waals surface area contributed by atoms with Crippen LogP contribution in [0.2, 0.25) is 0 Å². The minimum atomic E-state index is -1.21. The first-order valence-corrected chi connectivity index (χ1v) is 6.36. The molecule has 1 saturated heterocycles. The summed E-state index contributed by atoms with van der Waals surface area (Å²) in [5.41, 5.74) is 5.23. The van der Waals surface area contributed by atoms with Crippen molar-refractivity contribution < 1.29 is 14.9 Å². The summed E-state index contributed by atoms with van der Waals surface area (Å²) in [6.07, 6.45) is -2.70. The zero-order chi connectivity index (χ0) is 14.4. The Morgan fingerprint density at radius 1 is 1.50 bits per heavy atom. The standard InChI is InChI=1S/C10H12ClN5O4/c11-1-3-5(17)6(18)9(20-3)16-2-13-4-7(16)14-10(12)15-8(4)19/h2-3,5-6,9,17-18H,1H2,(H3,12,14,15,19). The van der Waals surface area contributed by atoms with E-state index >= 15 is 0 Å². The number of anilines is 1. The number of fused-ring (bicyclic) bond motifs is 1. The zero-order valence-electron chi connectivity index (χ0n) is 10.1. The first kappa shape index (κ1) is 13.3. The first-order chi connectivity index (χ1) is 9.52. The van der Waals surface area contributed by atoms with E-state index in [4.69, 9.17) is 22.1 Å². The van der Waals surface area contributed by atoms with Crippen molar-refractivity contribution in [1.29, 1.82) is 0 Å². The zero-order valence-corrected chi connectivity index (χ0v) is 10.9. The van der Waals surface area contributed by atoms with Gasteiger partial charge in [-0.3, -0.25) is 14.3 Å². The number of aromatic nitrogens is 4. The number of nitrogens with one attached hydrogen (secondary N) is 1. The van der Waals surface area contributed by atoms with Crippen molar-refractivity contribution in [3.05, 3.63) is 16.7 Å². The van der Waals surface area contributed by atoms with Gasteiger partial charge in [-0.05, 0) is 0 Å². The highest BCUT2D eigenvalue weighted by molar-refractivity contribution is 6.18. The lowest BCUT2D eigenvalue weighted by atomic mass is 10.1. The molecule has 0 amide bonds. The molecule has 2 aromatic rings. The van der Waals surface area contributed by atoms with Gasteiger partial charge in [-0.15, -0.1) is 11.6 Å². The van der Waals surface area contributed by atoms with Crippen LogP contribution < -0.4 is 11.3 Å². The Morgan fingerprint density at radius 2 is 2.25 bits per heavy atom. The van der Waals surface area contributed by atoms with Crippen molar-refractivity contribution in [3.63, 3.8) is 0 Å². The van der Waals surface area contributed by atoms with E-state index in [1.807, 2.05) is 0 Å². The SMILES string of the molecule is Nc1nc2c(ncn2C2OC(CCl)C(O)C2O)c(=O)[nH]1. The summed E-state index contributed by atoms with van der Waals surface area (Å²) in [5, 5.41) is 19.8. The molecule has 20 heavy (non-hydrogen) atoms. The van der Waals surface area contributed by atoms with Crippen LogP contribution in [0.5, 0.6) is 0 Å². The molecule has 0 radical (unpaired) electrons. The molecule has 1 fully saturated rings. The number of rotatable bonds is 2. The van der Waals surface area contributed by atoms with Crippen LogP contribution in [0.4, 0.5) is 5.95 Å². The lowest BCUT2D eigenvalue weighted by molar-refractivity contribution is -0.0291. The van der Waals surface area contributed by atoms with E-state index in [-0.39, 0.29) is 23.0 Å². The van der Waals surface area contributed by atoms with Gasteiger partial charge < -0.3 is 20.7 Å². The Morgan fingerprint density at radius 3 is 2.90 bits per heavy atom. The Hall–Kier alpha value is -1.68. The molecule has 3 heterocycles. The van der Waals surface area contributed by atoms with Gasteiger partial charge in [0.05, 0.1) is 12.2 Å². The summed E-state index contributed by atoms with van der Waals surface area (Å²) in [4.78, 5) is 21.9. The smallest absolute Gasteiger partial charge is 0.280 e. The number of aliphatic hydroxyl groups excluding tert-OH is 2. The van der Waals surface area contributed by atoms with Gasteiger partial charge >= 0.3 is 0 Å². The summed E-state index contributed by atoms with van der Waals surface area (Å²) in [6, 6.07) is 0. The van der Waals surface area contributed by atoms with Crippen molar-refractivity contribution in [2.75, 3.05) is 11.6 Å². The van der Waals surface area contributed by atoms with Crippen molar-refractivity contribution in [2.24, 2.45) is 0 Å². The third kappa shape index (κ3) is 1.86. The molecule has 1 aliphatic heterocycles. The number of imidazole rings is 1. The molecule has 5 N–H and O–H groups in total. The van der Waals surface area contributed by atoms with E-state index in [2.05, 4.69) is 15.0 Å². The van der Waals surface area contributed by atoms with Crippen molar-refractivity contribution >= 4 is 28.7 Å². The number of hydrogen-bond acceptors (Lipinski definition) is 7. The second-order valence-electron chi connectivity index (χ2n) is 4.48. The molecule has 0 aromatic carbocycles. The third-order valence-electron chi connectivity index (χ3n) is 3.21. The van der Waals surface area contributed by atoms with Crippen molar-refractivity contribution in [3.8, 4) is 0 Å². The number of alkyl halides is 1. The number of aromatic amines is 1. The topological polar surface area (TPSA) is 139 Å². The van der Waals surface area contributed by atoms with Gasteiger partial charge in [0.2, 0.25) is 5.95 Å². The van der Waals surface area contributed by atoms with Gasteiger partial charge in [-0.25, -0.2) is 4.98 Å². The van der Waals surface area contributed by atoms with E-state index in [1.54, 1.807) is 0 Å². The van der Waals surface area contributed by atoms with Gasteiger partial charge in [-0.2, -0.15) is 4.98 Å². The quantitative estimate of drug-likeness (QED) is 0.498. The van der Waals surface area contributed by atoms with E-state index in [0.29, 0.717) is 0 Å². The molecule has 2 aromatic heterocycles. The summed E-state index contributed by atoms with van der Waals surface area (Å²) < 4.78 is 6.81. The fraction of sp³-hybridized carbons (Fsp3) is 0.500. The fourth-order valence-electron chi connectivity index (χ4n) is 2.22. The summed E-state index contributed by atoms with van der Waals surface area (Å²) in [7, 11) is 0. The maximum atomic E-state index is 11.7. The van der Waals surface area contributed by atoms with Crippen LogP contribution in [0.3, 0.4) is 0 Å². The molecule has 4 unspecified atom stereocenters. The van der Waals surface area contributed by atoms with Gasteiger partial charge in [0.15, 0.2) is 17.4 Å². The highest BCUT2D eigenvalue weighted by Gasteiger charge is 2.43. The number of halogens is 1. The average Bonchev–Trinajstić information content (AvgIpc) is 2.93. The van der Waals surface area contributed by atoms with E-state index in [0.717, 1.165) is 0 Å². The van der Waals surface area contributed by atoms with Crippen LogP contribution in [-0.4, -0.2) is 53.9 Å². The number of H-pyrrole nitrogens is 1. The lowest BCUT2D eigenvalue weighted by Gasteiger charge is -2.16. The van der Waals surface area contributed by atoms with Crippen LogP contribution in [0, 0.1) is 0 Å². The van der Waals surface area contributed by atoms with E-state index < -0.39 is 30.1 Å². The first-order valence-electron chi connectivity index (χ1n) is 5.83. The predicted octanol–water partition coefficient (Wildman–Crippen LogP) is -1.44. The molecule has 0 spiro atoms. The molecule has 0 bridgehead atoms. The molecule has 10 heteroatoms. The van der Waals surface area contributed by atoms with Crippen LogP contribution in [0.1, 0.15) is 6.23 Å². The third-order valence-corrected chi connectivity index (χ3v) is 3.52. The number of ether oxygens (including phenoxy) is 1. The molecular formula is C10H12ClN5O4. The van der Waals surface area contributed by atoms with Crippen LogP contribution in [-0.2, 0) is 4.74 Å². The molecule has 0 saturated carbocycles. The Labute approximate surface area is 117 Å². The maximum absolute atomic E-state index is 11.7. The number of aliphatic hydroxyl groups is 2. The summed E-state index contributed by atoms with van der Waals surface area (Å²) >= 11 is 5.65. The Bertz CT molecular complexity index is 701. The summed E-state index contributed by atoms with van der Waals surface area (Å²) in [5.74, 6) is -0.0523. The Balaban J connectivity index is 2.09. The van der Waals surface area contributed by atoms with E-state index in [9.17, 15) is 15.0 Å². The lowest BCUT2D eigenvalue weighted by Crippen LogP contribution is -2.32. The van der Waals surface area contributed by atoms with Gasteiger partial charge in [0.25, 0.3) is 5.56 Å². The molecular weight excluding hydrogens is 290 g/mol. The fourth-order valence-corrected chi connectivity index (χ4v) is 2.47. The van der Waals surface area contributed by atoms with Crippen molar-refractivity contribution in [1.82, 2.24) is 19.5 Å². The average molecular weight is 302 g/mol. The van der Waals surface area contributed by atoms with E-state index in [1.165, 1.54) is 10.9 Å². The minimum Gasteiger partial charge on any atom is -0.387 e. The highest BCUT2D eigenvalue weighted by atomic mass is 35.5. The predicted molar refractivity (Wildman–Crippen MR) is 69.2 cm³/mol. The molecule has 4 atom stereocenters. The molecule has 3 rings (SSSR count). The van der Waals surface area contributed by atoms with Crippen LogP contribution in [0.25, 0.3) is 11.2 Å². The highest BCUT2D eigenvalue weighted by Crippen LogP contribution is 2.31. The van der Waals surface area contributed by atoms with Crippen LogP contribution >= 0.6 is 11.6 Å². The summed E-state index contributed by atoms with van der Waals surface area (Å²) in [6.45, 7) is 0. The number of nitrogen functional groups attached to an aromatic ring is 1. The second kappa shape index (κ2) is 4.70. The van der Waals surface area contributed by atoms with Gasteiger partial charge in [0, 0.05) is 0 Å². The number of hydrogen-bond donors (Lipinski definition) is 4. The van der Waals surface area contributed by atoms with Gasteiger partial charge in [0.1, 0.15) is 18.3 Å². The monoisotopic (exact) mass is 301 g/mol. The second-order valence-corrected chi connectivity index (χ2v) is 4.78.